The number of ketones is 2. The number of aromatic nitrogens is 5. The second-order valence-electron chi connectivity index (χ2n) is 27.7. The van der Waals surface area contributed by atoms with E-state index < -0.39 is 0 Å². The van der Waals surface area contributed by atoms with Crippen molar-refractivity contribution in [2.45, 2.75) is 110 Å². The van der Waals surface area contributed by atoms with Gasteiger partial charge in [0.25, 0.3) is 0 Å². The number of aliphatic hydroxyl groups excluding tert-OH is 2. The minimum absolute atomic E-state index is 0. The summed E-state index contributed by atoms with van der Waals surface area (Å²) in [7, 11) is 0. The van der Waals surface area contributed by atoms with E-state index >= 15 is 0 Å². The molecule has 0 aliphatic heterocycles. The van der Waals surface area contributed by atoms with Crippen molar-refractivity contribution in [3.8, 4) is 89.7 Å². The number of rotatable bonds is 11. The van der Waals surface area contributed by atoms with Crippen LogP contribution in [0.15, 0.2) is 297 Å². The van der Waals surface area contributed by atoms with Crippen molar-refractivity contribution >= 4 is 33.4 Å². The second-order valence-corrected chi connectivity index (χ2v) is 27.7. The Bertz CT molecular complexity index is 5640. The van der Waals surface area contributed by atoms with Gasteiger partial charge in [-0.15, -0.1) is 176 Å². The average Bonchev–Trinajstić information content (AvgIpc) is 0.823. The van der Waals surface area contributed by atoms with Crippen LogP contribution in [0.2, 0.25) is 0 Å². The molecule has 14 heteroatoms. The monoisotopic (exact) mass is 2430 g/mol. The number of nitrogens with zero attached hydrogens (tertiary/aromatic N) is 5. The first-order chi connectivity index (χ1) is 53.9. The van der Waals surface area contributed by atoms with Gasteiger partial charge in [-0.05, 0) is 162 Å². The minimum atomic E-state index is -0.125. The maximum absolute atomic E-state index is 10.0. The Labute approximate surface area is 760 Å². The Balaban J connectivity index is 0.000000293. The molecule has 5 radical (unpaired) electrons. The molecule has 0 aliphatic rings. The van der Waals surface area contributed by atoms with Crippen molar-refractivity contribution < 1.29 is 120 Å². The van der Waals surface area contributed by atoms with E-state index in [2.05, 4.69) is 285 Å². The van der Waals surface area contributed by atoms with Crippen molar-refractivity contribution in [1.82, 2.24) is 24.9 Å². The molecule has 607 valence electrons. The van der Waals surface area contributed by atoms with Gasteiger partial charge < -0.3 is 25.2 Å². The van der Waals surface area contributed by atoms with E-state index in [0.29, 0.717) is 0 Å². The van der Waals surface area contributed by atoms with Crippen molar-refractivity contribution in [3.63, 3.8) is 0 Å². The summed E-state index contributed by atoms with van der Waals surface area (Å²) in [5.74, 6) is -0.125. The van der Waals surface area contributed by atoms with Gasteiger partial charge >= 0.3 is 0 Å². The van der Waals surface area contributed by atoms with E-state index in [-0.39, 0.29) is 124 Å². The zero-order valence-corrected chi connectivity index (χ0v) is 80.4. The summed E-state index contributed by atoms with van der Waals surface area (Å²) in [5.41, 5.74) is 33.5. The molecular formula is C103H96Ir5N5O4-5. The summed E-state index contributed by atoms with van der Waals surface area (Å²) >= 11 is 0. The van der Waals surface area contributed by atoms with Gasteiger partial charge in [-0.3, -0.25) is 19.6 Å². The normalized spacial score (nSPS) is 10.3. The van der Waals surface area contributed by atoms with Crippen LogP contribution in [0.3, 0.4) is 0 Å². The van der Waals surface area contributed by atoms with Crippen molar-refractivity contribution in [2.24, 2.45) is 0 Å². The van der Waals surface area contributed by atoms with Gasteiger partial charge in [0.05, 0.1) is 22.6 Å². The maximum Gasteiger partial charge on any atom is 0.155 e. The van der Waals surface area contributed by atoms with Crippen molar-refractivity contribution in [1.29, 1.82) is 0 Å². The van der Waals surface area contributed by atoms with E-state index in [1.807, 2.05) is 110 Å². The number of pyridine rings is 5. The third kappa shape index (κ3) is 30.9. The maximum atomic E-state index is 10.0. The van der Waals surface area contributed by atoms with Crippen LogP contribution in [-0.4, -0.2) is 46.7 Å². The van der Waals surface area contributed by atoms with Crippen molar-refractivity contribution in [2.75, 3.05) is 0 Å². The van der Waals surface area contributed by atoms with E-state index in [1.54, 1.807) is 0 Å². The van der Waals surface area contributed by atoms with Crippen LogP contribution >= 0.6 is 0 Å². The number of allylic oxidation sites excluding steroid dienone is 4. The molecule has 9 nitrogen and oxygen atoms in total. The zero-order valence-electron chi connectivity index (χ0n) is 68.5. The molecule has 5 aromatic heterocycles. The average molecular weight is 2430 g/mol. The Kier molecular flexibility index (Phi) is 42.5. The molecule has 0 amide bonds. The van der Waals surface area contributed by atoms with Crippen molar-refractivity contribution in [3.05, 3.63) is 389 Å². The number of hydrogen-bond acceptors (Lipinski definition) is 9. The van der Waals surface area contributed by atoms with Crippen LogP contribution in [0, 0.1) is 99.6 Å². The molecule has 117 heavy (non-hydrogen) atoms. The summed E-state index contributed by atoms with van der Waals surface area (Å²) in [5, 5.41) is 19.1. The standard InChI is InChI=1S/C21H20N.2C19H16N.2C17H14N.2C5H8O2.5Ir/c1-14-10-15(2)12-20(11-14)18-6-5-7-19(13-18)21-17(4)16(3)8-9-22-21;1-14-10-15(2)12-18(11-14)16-6-5-7-17(13-16)19-8-3-4-9-20-19;1-2-15-11-12-20-19(13-15)18-10-6-9-17(14-18)16-7-4-3-5-8-16;1-12-6-5-8-15(13(12)2)17-11-10-14-7-3-4-9-16(14)18-17;1-12-7-8-13(2)15(11-12)17-10-9-14-5-3-4-6-16(14)18-17;2*1-4(6)3-5(2)7;;;;;/h5-6,8-13H,1-4H3;3-6,8-13H,1-2H3;3-9,11-14H,2H2,1H3;3-7,9-11H,1-2H3;3-10H,1-2H3;2*3,6H,1-2H3;;;;;/q5*-1;;;;;;;. The molecule has 0 unspecified atom stereocenters. The molecule has 0 saturated heterocycles. The second kappa shape index (κ2) is 50.0. The SMILES string of the molecule is CC(=O)C=C(C)O.CC(=O)C=C(C)O.CCc1ccnc(-c2[c-]ccc(-c3ccccc3)c2)c1.Cc1[c-]c(-c2ccc3ccccc3n2)c(C)cc1.Cc1cc(C)cc(-c2cc[c-]c(-c3ccccn3)c2)c1.Cc1cc(C)cc(-c2cc[c-]c(-c3nccc(C)c3C)c2)c1.Cc1cc[c-]c(-c2ccc3ccccc3n2)c1C.[Ir].[Ir].[Ir].[Ir].[Ir]. The predicted octanol–water partition coefficient (Wildman–Crippen LogP) is 25.8. The summed E-state index contributed by atoms with van der Waals surface area (Å²) in [4.78, 5) is 42.9. The smallest absolute Gasteiger partial charge is 0.155 e. The topological polar surface area (TPSA) is 139 Å². The summed E-state index contributed by atoms with van der Waals surface area (Å²) in [6, 6.07) is 104. The molecule has 0 fully saturated rings. The van der Waals surface area contributed by atoms with Gasteiger partial charge in [0.2, 0.25) is 0 Å². The molecule has 0 spiro atoms. The molecule has 0 aliphatic carbocycles. The first-order valence-electron chi connectivity index (χ1n) is 37.4. The number of para-hydroxylation sites is 2. The number of carbonyl (C=O) groups is 2. The van der Waals surface area contributed by atoms with E-state index in [1.165, 1.54) is 140 Å². The molecule has 5 heterocycles. The Morgan fingerprint density at radius 2 is 0.795 bits per heavy atom. The van der Waals surface area contributed by atoms with Crippen LogP contribution in [0.5, 0.6) is 0 Å². The van der Waals surface area contributed by atoms with E-state index in [9.17, 15) is 9.59 Å². The van der Waals surface area contributed by atoms with Crippen LogP contribution < -0.4 is 0 Å². The molecule has 0 bridgehead atoms. The van der Waals surface area contributed by atoms with Crippen LogP contribution in [0.1, 0.15) is 95.8 Å². The quantitative estimate of drug-likeness (QED) is 0.0736. The summed E-state index contributed by atoms with van der Waals surface area (Å²) < 4.78 is 0. The summed E-state index contributed by atoms with van der Waals surface area (Å²) in [6.45, 7) is 29.0. The Hall–Kier alpha value is -9.86. The molecule has 15 rings (SSSR count). The van der Waals surface area contributed by atoms with Gasteiger partial charge in [-0.2, -0.15) is 0 Å². The molecule has 15 aromatic rings. The number of fused-ring (bicyclic) bond motifs is 2. The van der Waals surface area contributed by atoms with Crippen LogP contribution in [0.4, 0.5) is 0 Å². The number of carbonyl (C=O) groups excluding carboxylic acids is 2. The van der Waals surface area contributed by atoms with E-state index in [0.717, 1.165) is 79.3 Å². The van der Waals surface area contributed by atoms with Gasteiger partial charge in [-0.25, -0.2) is 0 Å². The largest absolute Gasteiger partial charge is 0.512 e. The van der Waals surface area contributed by atoms with Crippen LogP contribution in [0.25, 0.3) is 111 Å². The number of hydrogen-bond donors (Lipinski definition) is 2. The fraction of sp³-hybridized carbons (Fsp3) is 0.155. The molecule has 10 aromatic carbocycles. The fourth-order valence-corrected chi connectivity index (χ4v) is 12.4. The predicted molar refractivity (Wildman–Crippen MR) is 465 cm³/mol. The van der Waals surface area contributed by atoms with Gasteiger partial charge in [0.1, 0.15) is 0 Å². The third-order valence-corrected chi connectivity index (χ3v) is 18.2. The number of aliphatic hydroxyl groups is 2. The summed E-state index contributed by atoms with van der Waals surface area (Å²) in [6.07, 6.45) is 8.91. The first-order valence-corrected chi connectivity index (χ1v) is 37.4. The molecular weight excluding hydrogens is 2330 g/mol. The molecule has 0 atom stereocenters. The Morgan fingerprint density at radius 1 is 0.350 bits per heavy atom. The van der Waals surface area contributed by atoms with Gasteiger partial charge in [0, 0.05) is 131 Å². The van der Waals surface area contributed by atoms with Gasteiger partial charge in [-0.1, -0.05) is 219 Å². The number of benzene rings is 10. The first kappa shape index (κ1) is 99.5. The molecule has 0 saturated carbocycles. The fourth-order valence-electron chi connectivity index (χ4n) is 12.4. The van der Waals surface area contributed by atoms with Gasteiger partial charge in [0.15, 0.2) is 11.6 Å². The zero-order chi connectivity index (χ0) is 80.2. The van der Waals surface area contributed by atoms with E-state index in [4.69, 9.17) is 20.2 Å². The minimum Gasteiger partial charge on any atom is -0.512 e. The van der Waals surface area contributed by atoms with Crippen LogP contribution in [-0.2, 0) is 117 Å². The Morgan fingerprint density at radius 3 is 1.29 bits per heavy atom. The third-order valence-electron chi connectivity index (χ3n) is 18.2. The molecule has 2 N–H and O–H groups in total. The number of aryl methyl sites for hydroxylation is 9.